The SMILES string of the molecule is CN1CCCC1=O.ON=Cc1ccccc1. The van der Waals surface area contributed by atoms with Crippen LogP contribution < -0.4 is 0 Å². The highest BCUT2D eigenvalue weighted by atomic mass is 16.4. The highest BCUT2D eigenvalue weighted by Crippen LogP contribution is 2.04. The first-order valence-electron chi connectivity index (χ1n) is 5.20. The summed E-state index contributed by atoms with van der Waals surface area (Å²) in [6, 6.07) is 9.40. The van der Waals surface area contributed by atoms with Crippen molar-refractivity contribution in [1.82, 2.24) is 4.90 Å². The quantitative estimate of drug-likeness (QED) is 0.445. The number of likely N-dealkylation sites (tertiary alicyclic amines) is 1. The molecule has 0 aromatic heterocycles. The van der Waals surface area contributed by atoms with E-state index in [4.69, 9.17) is 5.21 Å². The first kappa shape index (κ1) is 12.2. The second-order valence-electron chi connectivity index (χ2n) is 3.57. The summed E-state index contributed by atoms with van der Waals surface area (Å²) in [5.41, 5.74) is 0.903. The van der Waals surface area contributed by atoms with Crippen molar-refractivity contribution >= 4 is 12.1 Å². The molecule has 0 spiro atoms. The Morgan fingerprint density at radius 2 is 2.06 bits per heavy atom. The molecule has 1 heterocycles. The molecule has 0 aliphatic carbocycles. The van der Waals surface area contributed by atoms with Crippen LogP contribution in [0.1, 0.15) is 18.4 Å². The predicted molar refractivity (Wildman–Crippen MR) is 62.7 cm³/mol. The number of nitrogens with zero attached hydrogens (tertiary/aromatic N) is 2. The third-order valence-electron chi connectivity index (χ3n) is 2.32. The Morgan fingerprint density at radius 1 is 1.38 bits per heavy atom. The first-order chi connectivity index (χ1) is 7.74. The zero-order chi connectivity index (χ0) is 11.8. The highest BCUT2D eigenvalue weighted by molar-refractivity contribution is 5.78. The summed E-state index contributed by atoms with van der Waals surface area (Å²) in [5, 5.41) is 11.0. The number of amides is 1. The minimum atomic E-state index is 0.292. The third-order valence-corrected chi connectivity index (χ3v) is 2.32. The van der Waals surface area contributed by atoms with E-state index in [0.717, 1.165) is 24.9 Å². The lowest BCUT2D eigenvalue weighted by Crippen LogP contribution is -2.17. The van der Waals surface area contributed by atoms with E-state index in [-0.39, 0.29) is 0 Å². The van der Waals surface area contributed by atoms with Gasteiger partial charge in [-0.1, -0.05) is 35.5 Å². The van der Waals surface area contributed by atoms with Crippen LogP contribution in [0.15, 0.2) is 35.5 Å². The van der Waals surface area contributed by atoms with Crippen molar-refractivity contribution in [2.24, 2.45) is 5.16 Å². The zero-order valence-corrected chi connectivity index (χ0v) is 9.34. The summed E-state index contributed by atoms with van der Waals surface area (Å²) >= 11 is 0. The highest BCUT2D eigenvalue weighted by Gasteiger charge is 2.14. The van der Waals surface area contributed by atoms with E-state index in [0.29, 0.717) is 5.91 Å². The number of oxime groups is 1. The van der Waals surface area contributed by atoms with Crippen molar-refractivity contribution in [2.75, 3.05) is 13.6 Å². The van der Waals surface area contributed by atoms with E-state index in [1.165, 1.54) is 6.21 Å². The molecule has 16 heavy (non-hydrogen) atoms. The molecule has 1 aliphatic rings. The fraction of sp³-hybridized carbons (Fsp3) is 0.333. The van der Waals surface area contributed by atoms with Gasteiger partial charge in [-0.15, -0.1) is 0 Å². The minimum absolute atomic E-state index is 0.292. The van der Waals surface area contributed by atoms with Gasteiger partial charge in [0, 0.05) is 20.0 Å². The summed E-state index contributed by atoms with van der Waals surface area (Å²) in [6.07, 6.45) is 3.20. The average molecular weight is 220 g/mol. The largest absolute Gasteiger partial charge is 0.411 e. The normalized spacial score (nSPS) is 15.1. The molecule has 1 aromatic rings. The molecule has 4 heteroatoms. The fourth-order valence-corrected chi connectivity index (χ4v) is 1.39. The van der Waals surface area contributed by atoms with Crippen molar-refractivity contribution in [2.45, 2.75) is 12.8 Å². The van der Waals surface area contributed by atoms with Crippen LogP contribution in [0.2, 0.25) is 0 Å². The molecular formula is C12H16N2O2. The predicted octanol–water partition coefficient (Wildman–Crippen LogP) is 1.73. The smallest absolute Gasteiger partial charge is 0.222 e. The van der Waals surface area contributed by atoms with Gasteiger partial charge in [-0.25, -0.2) is 0 Å². The van der Waals surface area contributed by atoms with Crippen molar-refractivity contribution in [3.63, 3.8) is 0 Å². The molecular weight excluding hydrogens is 204 g/mol. The molecule has 1 N–H and O–H groups in total. The molecule has 1 fully saturated rings. The number of benzene rings is 1. The molecule has 1 aromatic carbocycles. The Kier molecular flexibility index (Phi) is 5.05. The first-order valence-corrected chi connectivity index (χ1v) is 5.20. The number of rotatable bonds is 1. The molecule has 0 unspecified atom stereocenters. The van der Waals surface area contributed by atoms with Gasteiger partial charge in [0.2, 0.25) is 5.91 Å². The van der Waals surface area contributed by atoms with Crippen LogP contribution in [0, 0.1) is 0 Å². The van der Waals surface area contributed by atoms with E-state index >= 15 is 0 Å². The molecule has 1 amide bonds. The molecule has 1 aliphatic heterocycles. The average Bonchev–Trinajstić information content (AvgIpc) is 2.66. The number of carbonyl (C=O) groups is 1. The molecule has 1 saturated heterocycles. The van der Waals surface area contributed by atoms with Crippen LogP contribution in [0.25, 0.3) is 0 Å². The summed E-state index contributed by atoms with van der Waals surface area (Å²) in [7, 11) is 1.84. The molecule has 86 valence electrons. The van der Waals surface area contributed by atoms with Crippen LogP contribution in [0.3, 0.4) is 0 Å². The van der Waals surface area contributed by atoms with Gasteiger partial charge in [0.25, 0.3) is 0 Å². The second-order valence-corrected chi connectivity index (χ2v) is 3.57. The zero-order valence-electron chi connectivity index (χ0n) is 9.34. The topological polar surface area (TPSA) is 52.9 Å². The van der Waals surface area contributed by atoms with Crippen molar-refractivity contribution in [3.05, 3.63) is 35.9 Å². The molecule has 0 atom stereocenters. The summed E-state index contributed by atoms with van der Waals surface area (Å²) in [5.74, 6) is 0.292. The fourth-order valence-electron chi connectivity index (χ4n) is 1.39. The molecule has 0 radical (unpaired) electrons. The van der Waals surface area contributed by atoms with Gasteiger partial charge in [-0.3, -0.25) is 4.79 Å². The lowest BCUT2D eigenvalue weighted by Gasteiger charge is -2.03. The maximum absolute atomic E-state index is 10.5. The molecule has 2 rings (SSSR count). The molecule has 4 nitrogen and oxygen atoms in total. The van der Waals surface area contributed by atoms with Gasteiger partial charge in [0.15, 0.2) is 0 Å². The lowest BCUT2D eigenvalue weighted by molar-refractivity contribution is -0.126. The van der Waals surface area contributed by atoms with Crippen LogP contribution >= 0.6 is 0 Å². The Labute approximate surface area is 95.2 Å². The Hall–Kier alpha value is -1.84. The van der Waals surface area contributed by atoms with E-state index < -0.39 is 0 Å². The van der Waals surface area contributed by atoms with Gasteiger partial charge in [0.1, 0.15) is 0 Å². The second kappa shape index (κ2) is 6.61. The monoisotopic (exact) mass is 220 g/mol. The Balaban J connectivity index is 0.000000165. The van der Waals surface area contributed by atoms with Gasteiger partial charge in [-0.05, 0) is 12.0 Å². The minimum Gasteiger partial charge on any atom is -0.411 e. The van der Waals surface area contributed by atoms with Crippen LogP contribution in [0.5, 0.6) is 0 Å². The number of hydrogen-bond acceptors (Lipinski definition) is 3. The van der Waals surface area contributed by atoms with Crippen LogP contribution in [-0.2, 0) is 4.79 Å². The molecule has 0 saturated carbocycles. The third kappa shape index (κ3) is 4.13. The Morgan fingerprint density at radius 3 is 2.44 bits per heavy atom. The van der Waals surface area contributed by atoms with Crippen molar-refractivity contribution in [3.8, 4) is 0 Å². The van der Waals surface area contributed by atoms with Gasteiger partial charge in [0.05, 0.1) is 6.21 Å². The summed E-state index contributed by atoms with van der Waals surface area (Å²) in [6.45, 7) is 0.957. The van der Waals surface area contributed by atoms with Crippen LogP contribution in [-0.4, -0.2) is 35.8 Å². The van der Waals surface area contributed by atoms with Crippen molar-refractivity contribution < 1.29 is 10.0 Å². The maximum atomic E-state index is 10.5. The van der Waals surface area contributed by atoms with E-state index in [2.05, 4.69) is 5.16 Å². The maximum Gasteiger partial charge on any atom is 0.222 e. The van der Waals surface area contributed by atoms with Crippen molar-refractivity contribution in [1.29, 1.82) is 0 Å². The van der Waals surface area contributed by atoms with E-state index in [1.54, 1.807) is 4.90 Å². The Bertz CT molecular complexity index is 349. The number of hydrogen-bond donors (Lipinski definition) is 1. The van der Waals surface area contributed by atoms with E-state index in [1.807, 2.05) is 37.4 Å². The number of carbonyl (C=O) groups excluding carboxylic acids is 1. The summed E-state index contributed by atoms with van der Waals surface area (Å²) < 4.78 is 0. The molecule has 0 bridgehead atoms. The summed E-state index contributed by atoms with van der Waals surface area (Å²) in [4.78, 5) is 12.3. The lowest BCUT2D eigenvalue weighted by atomic mass is 10.2. The van der Waals surface area contributed by atoms with Gasteiger partial charge < -0.3 is 10.1 Å². The van der Waals surface area contributed by atoms with Gasteiger partial charge >= 0.3 is 0 Å². The van der Waals surface area contributed by atoms with Gasteiger partial charge in [-0.2, -0.15) is 0 Å². The standard InChI is InChI=1S/C7H7NO.C5H9NO/c9-8-6-7-4-2-1-3-5-7;1-6-4-2-3-5(6)7/h1-6,9H;2-4H2,1H3. The van der Waals surface area contributed by atoms with E-state index in [9.17, 15) is 4.79 Å². The van der Waals surface area contributed by atoms with Crippen LogP contribution in [0.4, 0.5) is 0 Å².